The number of benzene rings is 1. The fraction of sp³-hybridized carbons (Fsp3) is 0.316. The van der Waals surface area contributed by atoms with Gasteiger partial charge < -0.3 is 23.7 Å². The lowest BCUT2D eigenvalue weighted by Crippen LogP contribution is -2.21. The minimum Gasteiger partial charge on any atom is -0.497 e. The second-order valence-corrected chi connectivity index (χ2v) is 5.58. The van der Waals surface area contributed by atoms with E-state index in [1.807, 2.05) is 18.2 Å². The number of rotatable bonds is 6. The fourth-order valence-corrected chi connectivity index (χ4v) is 2.98. The van der Waals surface area contributed by atoms with E-state index in [2.05, 4.69) is 0 Å². The van der Waals surface area contributed by atoms with Gasteiger partial charge in [0.05, 0.1) is 40.6 Å². The Morgan fingerprint density at radius 3 is 2.24 bits per heavy atom. The molecule has 1 aliphatic heterocycles. The minimum absolute atomic E-state index is 0.148. The molecule has 0 bridgehead atoms. The number of hydrogen-bond donors (Lipinski definition) is 0. The zero-order valence-electron chi connectivity index (χ0n) is 14.6. The van der Waals surface area contributed by atoms with Gasteiger partial charge in [-0.2, -0.15) is 0 Å². The highest BCUT2D eigenvalue weighted by Crippen LogP contribution is 2.40. The summed E-state index contributed by atoms with van der Waals surface area (Å²) in [4.78, 5) is 13.0. The highest BCUT2D eigenvalue weighted by molar-refractivity contribution is 6.10. The first-order valence-corrected chi connectivity index (χ1v) is 7.77. The molecule has 1 heterocycles. The van der Waals surface area contributed by atoms with Gasteiger partial charge in [0, 0.05) is 11.1 Å². The van der Waals surface area contributed by atoms with Crippen molar-refractivity contribution in [3.8, 4) is 17.2 Å². The van der Waals surface area contributed by atoms with Gasteiger partial charge >= 0.3 is 0 Å². The molecule has 0 fully saturated rings. The molecule has 0 spiro atoms. The number of fused-ring (bicyclic) bond motifs is 1. The average molecular weight is 344 g/mol. The molecule has 6 nitrogen and oxygen atoms in total. The summed E-state index contributed by atoms with van der Waals surface area (Å²) in [5, 5.41) is 0. The van der Waals surface area contributed by atoms with Crippen LogP contribution in [0.5, 0.6) is 17.2 Å². The highest BCUT2D eigenvalue weighted by atomic mass is 16.5. The molecule has 0 saturated heterocycles. The van der Waals surface area contributed by atoms with Crippen molar-refractivity contribution in [1.82, 2.24) is 0 Å². The SMILES string of the molecule is COC1=CC2OC=C(C(=O)c3cc(OC)c(OC)c(OC)c3)C2C=C1. The Labute approximate surface area is 146 Å². The van der Waals surface area contributed by atoms with Gasteiger partial charge in [-0.25, -0.2) is 0 Å². The Bertz CT molecular complexity index is 749. The van der Waals surface area contributed by atoms with Crippen LogP contribution in [0.3, 0.4) is 0 Å². The Balaban J connectivity index is 1.92. The number of Topliss-reactive ketones (excluding diaryl/α,β-unsaturated/α-hetero) is 1. The van der Waals surface area contributed by atoms with Gasteiger partial charge in [-0.1, -0.05) is 6.08 Å². The van der Waals surface area contributed by atoms with E-state index in [4.69, 9.17) is 23.7 Å². The molecule has 1 aromatic rings. The molecular weight excluding hydrogens is 324 g/mol. The van der Waals surface area contributed by atoms with Crippen molar-refractivity contribution in [2.75, 3.05) is 28.4 Å². The summed E-state index contributed by atoms with van der Waals surface area (Å²) in [7, 11) is 6.15. The molecule has 0 aromatic heterocycles. The first-order chi connectivity index (χ1) is 12.1. The maximum Gasteiger partial charge on any atom is 0.203 e. The van der Waals surface area contributed by atoms with Crippen LogP contribution in [-0.2, 0) is 9.47 Å². The van der Waals surface area contributed by atoms with Crippen LogP contribution in [0.2, 0.25) is 0 Å². The third-order valence-corrected chi connectivity index (χ3v) is 4.29. The lowest BCUT2D eigenvalue weighted by molar-refractivity contribution is 0.102. The van der Waals surface area contributed by atoms with Crippen LogP contribution in [0, 0.1) is 5.92 Å². The molecule has 1 aromatic carbocycles. The van der Waals surface area contributed by atoms with E-state index in [9.17, 15) is 4.79 Å². The smallest absolute Gasteiger partial charge is 0.203 e. The number of carbonyl (C=O) groups excluding carboxylic acids is 1. The molecule has 2 unspecified atom stereocenters. The minimum atomic E-state index is -0.235. The molecule has 0 saturated carbocycles. The third-order valence-electron chi connectivity index (χ3n) is 4.29. The Morgan fingerprint density at radius 1 is 1.00 bits per heavy atom. The number of carbonyl (C=O) groups is 1. The normalized spacial score (nSPS) is 20.8. The number of methoxy groups -OCH3 is 4. The van der Waals surface area contributed by atoms with E-state index >= 15 is 0 Å². The Morgan fingerprint density at radius 2 is 1.68 bits per heavy atom. The van der Waals surface area contributed by atoms with Crippen molar-refractivity contribution in [1.29, 1.82) is 0 Å². The third kappa shape index (κ3) is 2.95. The molecule has 2 atom stereocenters. The number of ketones is 1. The summed E-state index contributed by atoms with van der Waals surface area (Å²) in [6.45, 7) is 0. The van der Waals surface area contributed by atoms with Crippen LogP contribution in [-0.4, -0.2) is 40.3 Å². The van der Waals surface area contributed by atoms with Crippen molar-refractivity contribution < 1.29 is 28.5 Å². The summed E-state index contributed by atoms with van der Waals surface area (Å²) >= 11 is 0. The molecule has 6 heteroatoms. The number of hydrogen-bond acceptors (Lipinski definition) is 6. The van der Waals surface area contributed by atoms with Gasteiger partial charge in [0.25, 0.3) is 0 Å². The first kappa shape index (κ1) is 17.0. The predicted octanol–water partition coefficient (Wildman–Crippen LogP) is 2.89. The van der Waals surface area contributed by atoms with Gasteiger partial charge in [-0.3, -0.25) is 4.79 Å². The van der Waals surface area contributed by atoms with E-state index in [0.29, 0.717) is 28.4 Å². The summed E-state index contributed by atoms with van der Waals surface area (Å²) in [5.74, 6) is 1.73. The monoisotopic (exact) mass is 344 g/mol. The Kier molecular flexibility index (Phi) is 4.70. The zero-order chi connectivity index (χ0) is 18.0. The molecule has 25 heavy (non-hydrogen) atoms. The predicted molar refractivity (Wildman–Crippen MR) is 91.1 cm³/mol. The fourth-order valence-electron chi connectivity index (χ4n) is 2.98. The van der Waals surface area contributed by atoms with Crippen LogP contribution in [0.25, 0.3) is 0 Å². The topological polar surface area (TPSA) is 63.2 Å². The summed E-state index contributed by atoms with van der Waals surface area (Å²) in [6.07, 6.45) is 6.89. The standard InChI is InChI=1S/C19H20O6/c1-21-12-5-6-13-14(10-25-15(13)9-12)18(20)11-7-16(22-2)19(24-4)17(8-11)23-3/h5-10,13,15H,1-4H3. The van der Waals surface area contributed by atoms with Crippen molar-refractivity contribution in [3.63, 3.8) is 0 Å². The first-order valence-electron chi connectivity index (χ1n) is 7.77. The molecule has 0 N–H and O–H groups in total. The summed E-state index contributed by atoms with van der Waals surface area (Å²) in [5.41, 5.74) is 1.02. The van der Waals surface area contributed by atoms with E-state index < -0.39 is 0 Å². The summed E-state index contributed by atoms with van der Waals surface area (Å²) in [6, 6.07) is 3.28. The van der Waals surface area contributed by atoms with Crippen molar-refractivity contribution in [3.05, 3.63) is 53.5 Å². The largest absolute Gasteiger partial charge is 0.497 e. The van der Waals surface area contributed by atoms with Crippen molar-refractivity contribution >= 4 is 5.78 Å². The number of ether oxygens (including phenoxy) is 5. The van der Waals surface area contributed by atoms with Gasteiger partial charge in [-0.05, 0) is 24.3 Å². The molecule has 132 valence electrons. The number of allylic oxidation sites excluding steroid dienone is 1. The van der Waals surface area contributed by atoms with Crippen LogP contribution in [0.4, 0.5) is 0 Å². The second-order valence-electron chi connectivity index (χ2n) is 5.58. The summed E-state index contributed by atoms with van der Waals surface area (Å²) < 4.78 is 26.8. The maximum absolute atomic E-state index is 13.0. The average Bonchev–Trinajstić information content (AvgIpc) is 3.08. The molecule has 1 aliphatic carbocycles. The van der Waals surface area contributed by atoms with E-state index in [1.54, 1.807) is 19.2 Å². The Hall–Kier alpha value is -2.89. The van der Waals surface area contributed by atoms with Gasteiger partial charge in [0.2, 0.25) is 5.75 Å². The van der Waals surface area contributed by atoms with Crippen molar-refractivity contribution in [2.24, 2.45) is 5.92 Å². The van der Waals surface area contributed by atoms with Crippen LogP contribution < -0.4 is 14.2 Å². The van der Waals surface area contributed by atoms with Crippen LogP contribution in [0.15, 0.2) is 48.0 Å². The molecule has 0 amide bonds. The highest BCUT2D eigenvalue weighted by Gasteiger charge is 2.35. The van der Waals surface area contributed by atoms with E-state index in [-0.39, 0.29) is 17.8 Å². The molecule has 3 rings (SSSR count). The second kappa shape index (κ2) is 6.93. The van der Waals surface area contributed by atoms with Crippen LogP contribution in [0.1, 0.15) is 10.4 Å². The molecular formula is C19H20O6. The lowest BCUT2D eigenvalue weighted by atomic mass is 9.87. The molecule has 2 aliphatic rings. The quantitative estimate of drug-likeness (QED) is 0.740. The van der Waals surface area contributed by atoms with Gasteiger partial charge in [0.15, 0.2) is 17.3 Å². The van der Waals surface area contributed by atoms with Crippen LogP contribution >= 0.6 is 0 Å². The van der Waals surface area contributed by atoms with E-state index in [1.165, 1.54) is 27.6 Å². The van der Waals surface area contributed by atoms with Gasteiger partial charge in [-0.15, -0.1) is 0 Å². The zero-order valence-corrected chi connectivity index (χ0v) is 14.6. The maximum atomic E-state index is 13.0. The molecule has 0 radical (unpaired) electrons. The lowest BCUT2D eigenvalue weighted by Gasteiger charge is -2.20. The van der Waals surface area contributed by atoms with Gasteiger partial charge in [0.1, 0.15) is 11.9 Å². The van der Waals surface area contributed by atoms with Crippen molar-refractivity contribution in [2.45, 2.75) is 6.10 Å². The van der Waals surface area contributed by atoms with E-state index in [0.717, 1.165) is 5.76 Å².